The lowest BCUT2D eigenvalue weighted by atomic mass is 10.2. The van der Waals surface area contributed by atoms with E-state index in [0.29, 0.717) is 18.1 Å². The molecule has 0 saturated carbocycles. The van der Waals surface area contributed by atoms with Crippen molar-refractivity contribution in [2.45, 2.75) is 13.3 Å². The van der Waals surface area contributed by atoms with Gasteiger partial charge in [0.25, 0.3) is 0 Å². The highest BCUT2D eigenvalue weighted by atomic mass is 16.5. The van der Waals surface area contributed by atoms with E-state index in [1.807, 2.05) is 31.2 Å². The summed E-state index contributed by atoms with van der Waals surface area (Å²) in [5.41, 5.74) is 1.59. The van der Waals surface area contributed by atoms with Crippen LogP contribution < -0.4 is 0 Å². The monoisotopic (exact) mass is 284 g/mol. The normalized spacial score (nSPS) is 10.7. The van der Waals surface area contributed by atoms with Crippen molar-refractivity contribution in [1.29, 1.82) is 0 Å². The summed E-state index contributed by atoms with van der Waals surface area (Å²) < 4.78 is 6.57. The second-order valence-corrected chi connectivity index (χ2v) is 4.36. The van der Waals surface area contributed by atoms with Crippen molar-refractivity contribution in [2.75, 3.05) is 0 Å². The van der Waals surface area contributed by atoms with Gasteiger partial charge in [0.2, 0.25) is 11.7 Å². The fraction of sp³-hybridized carbons (Fsp3) is 0.143. The third-order valence-electron chi connectivity index (χ3n) is 2.97. The maximum atomic E-state index is 10.8. The lowest BCUT2D eigenvalue weighted by molar-refractivity contribution is 0.0690. The van der Waals surface area contributed by atoms with Crippen LogP contribution in [0.5, 0.6) is 0 Å². The van der Waals surface area contributed by atoms with E-state index < -0.39 is 5.97 Å². The van der Waals surface area contributed by atoms with Crippen LogP contribution in [0, 0.1) is 0 Å². The largest absolute Gasteiger partial charge is 0.476 e. The molecule has 2 aromatic heterocycles. The summed E-state index contributed by atoms with van der Waals surface area (Å²) in [7, 11) is 0. The van der Waals surface area contributed by atoms with Crippen LogP contribution in [-0.2, 0) is 6.42 Å². The van der Waals surface area contributed by atoms with Crippen molar-refractivity contribution in [1.82, 2.24) is 19.9 Å². The first-order valence-corrected chi connectivity index (χ1v) is 6.39. The zero-order valence-electron chi connectivity index (χ0n) is 11.2. The number of nitrogens with zero attached hydrogens (tertiary/aromatic N) is 4. The number of hydrogen-bond donors (Lipinski definition) is 1. The molecule has 3 rings (SSSR count). The predicted molar refractivity (Wildman–Crippen MR) is 73.2 cm³/mol. The number of aryl methyl sites for hydroxylation is 1. The van der Waals surface area contributed by atoms with E-state index in [1.165, 1.54) is 10.7 Å². The number of benzene rings is 1. The zero-order chi connectivity index (χ0) is 14.8. The second kappa shape index (κ2) is 5.20. The third-order valence-corrected chi connectivity index (χ3v) is 2.97. The molecule has 0 aliphatic rings. The number of hydrogen-bond acceptors (Lipinski definition) is 5. The smallest absolute Gasteiger partial charge is 0.356 e. The number of rotatable bonds is 4. The standard InChI is InChI=1S/C14H12N4O3/c1-2-12-15-13(17-21-12)9-3-5-10(6-4-9)18-8-7-11(16-18)14(19)20/h3-8H,2H2,1H3,(H,19,20). The quantitative estimate of drug-likeness (QED) is 0.789. The predicted octanol–water partition coefficient (Wildman–Crippen LogP) is 2.18. The molecule has 0 unspecified atom stereocenters. The van der Waals surface area contributed by atoms with Crippen molar-refractivity contribution < 1.29 is 14.4 Å². The van der Waals surface area contributed by atoms with E-state index in [2.05, 4.69) is 15.2 Å². The average Bonchev–Trinajstić information content (AvgIpc) is 3.17. The summed E-state index contributed by atoms with van der Waals surface area (Å²) in [5, 5.41) is 16.7. The minimum Gasteiger partial charge on any atom is -0.476 e. The summed E-state index contributed by atoms with van der Waals surface area (Å²) in [5.74, 6) is 0.0709. The van der Waals surface area contributed by atoms with Crippen LogP contribution >= 0.6 is 0 Å². The van der Waals surface area contributed by atoms with Gasteiger partial charge in [-0.3, -0.25) is 0 Å². The molecule has 0 bridgehead atoms. The number of aromatic nitrogens is 4. The van der Waals surface area contributed by atoms with Gasteiger partial charge in [-0.05, 0) is 30.3 Å². The van der Waals surface area contributed by atoms with Crippen LogP contribution in [0.2, 0.25) is 0 Å². The van der Waals surface area contributed by atoms with E-state index in [9.17, 15) is 4.79 Å². The van der Waals surface area contributed by atoms with Crippen molar-refractivity contribution in [3.05, 3.63) is 48.1 Å². The summed E-state index contributed by atoms with van der Waals surface area (Å²) >= 11 is 0. The Labute approximate surface area is 119 Å². The van der Waals surface area contributed by atoms with Crippen LogP contribution in [0.15, 0.2) is 41.1 Å². The van der Waals surface area contributed by atoms with E-state index in [1.54, 1.807) is 6.20 Å². The molecule has 0 amide bonds. The van der Waals surface area contributed by atoms with Gasteiger partial charge < -0.3 is 9.63 Å². The molecule has 0 aliphatic carbocycles. The molecule has 0 saturated heterocycles. The molecule has 3 aromatic rings. The Hall–Kier alpha value is -2.96. The third kappa shape index (κ3) is 2.53. The first kappa shape index (κ1) is 13.0. The number of carboxylic acids is 1. The van der Waals surface area contributed by atoms with Crippen molar-refractivity contribution in [3.63, 3.8) is 0 Å². The Bertz CT molecular complexity index is 774. The van der Waals surface area contributed by atoms with E-state index in [0.717, 1.165) is 11.3 Å². The number of carbonyl (C=O) groups is 1. The molecule has 1 N–H and O–H groups in total. The Morgan fingerprint density at radius 3 is 2.62 bits per heavy atom. The Morgan fingerprint density at radius 2 is 2.05 bits per heavy atom. The number of aromatic carboxylic acids is 1. The van der Waals surface area contributed by atoms with Gasteiger partial charge in [-0.25, -0.2) is 9.48 Å². The average molecular weight is 284 g/mol. The Kier molecular flexibility index (Phi) is 3.23. The summed E-state index contributed by atoms with van der Waals surface area (Å²) in [6.07, 6.45) is 2.29. The van der Waals surface area contributed by atoms with E-state index >= 15 is 0 Å². The fourth-order valence-corrected chi connectivity index (χ4v) is 1.86. The summed E-state index contributed by atoms with van der Waals surface area (Å²) in [4.78, 5) is 15.1. The van der Waals surface area contributed by atoms with Gasteiger partial charge in [0.05, 0.1) is 5.69 Å². The lowest BCUT2D eigenvalue weighted by Crippen LogP contribution is -2.00. The van der Waals surface area contributed by atoms with Crippen LogP contribution in [0.3, 0.4) is 0 Å². The molecule has 21 heavy (non-hydrogen) atoms. The van der Waals surface area contributed by atoms with Gasteiger partial charge in [0.1, 0.15) is 0 Å². The molecule has 2 heterocycles. The molecule has 0 radical (unpaired) electrons. The van der Waals surface area contributed by atoms with Crippen molar-refractivity contribution >= 4 is 5.97 Å². The van der Waals surface area contributed by atoms with E-state index in [4.69, 9.17) is 9.63 Å². The molecule has 106 valence electrons. The molecular weight excluding hydrogens is 272 g/mol. The van der Waals surface area contributed by atoms with Gasteiger partial charge >= 0.3 is 5.97 Å². The van der Waals surface area contributed by atoms with Crippen LogP contribution in [0.25, 0.3) is 17.1 Å². The number of carboxylic acid groups (broad SMARTS) is 1. The van der Waals surface area contributed by atoms with Crippen molar-refractivity contribution in [3.8, 4) is 17.1 Å². The van der Waals surface area contributed by atoms with Gasteiger partial charge in [-0.1, -0.05) is 12.1 Å². The van der Waals surface area contributed by atoms with Gasteiger partial charge in [0.15, 0.2) is 5.69 Å². The Morgan fingerprint density at radius 1 is 1.29 bits per heavy atom. The SMILES string of the molecule is CCc1nc(-c2ccc(-n3ccc(C(=O)O)n3)cc2)no1. The minimum atomic E-state index is -1.05. The topological polar surface area (TPSA) is 94.0 Å². The maximum absolute atomic E-state index is 10.8. The molecule has 0 aliphatic heterocycles. The van der Waals surface area contributed by atoms with Crippen LogP contribution in [-0.4, -0.2) is 31.0 Å². The highest BCUT2D eigenvalue weighted by molar-refractivity contribution is 5.85. The second-order valence-electron chi connectivity index (χ2n) is 4.36. The maximum Gasteiger partial charge on any atom is 0.356 e. The van der Waals surface area contributed by atoms with E-state index in [-0.39, 0.29) is 5.69 Å². The van der Waals surface area contributed by atoms with Gasteiger partial charge in [-0.15, -0.1) is 0 Å². The molecule has 0 spiro atoms. The fourth-order valence-electron chi connectivity index (χ4n) is 1.86. The Balaban J connectivity index is 1.87. The van der Waals surface area contributed by atoms with Crippen LogP contribution in [0.4, 0.5) is 0 Å². The molecule has 0 fully saturated rings. The molecular formula is C14H12N4O3. The highest BCUT2D eigenvalue weighted by Gasteiger charge is 2.09. The zero-order valence-corrected chi connectivity index (χ0v) is 11.2. The summed E-state index contributed by atoms with van der Waals surface area (Å²) in [6, 6.07) is 8.75. The molecule has 7 heteroatoms. The first-order chi connectivity index (χ1) is 10.2. The highest BCUT2D eigenvalue weighted by Crippen LogP contribution is 2.18. The van der Waals surface area contributed by atoms with Gasteiger partial charge in [-0.2, -0.15) is 10.1 Å². The van der Waals surface area contributed by atoms with Crippen LogP contribution in [0.1, 0.15) is 23.3 Å². The minimum absolute atomic E-state index is 0.00447. The molecule has 7 nitrogen and oxygen atoms in total. The first-order valence-electron chi connectivity index (χ1n) is 6.39. The van der Waals surface area contributed by atoms with Crippen molar-refractivity contribution in [2.24, 2.45) is 0 Å². The summed E-state index contributed by atoms with van der Waals surface area (Å²) in [6.45, 7) is 1.94. The lowest BCUT2D eigenvalue weighted by Gasteiger charge is -2.01. The molecule has 0 atom stereocenters. The molecule has 1 aromatic carbocycles. The van der Waals surface area contributed by atoms with Gasteiger partial charge in [0, 0.05) is 18.2 Å².